The van der Waals surface area contributed by atoms with Crippen molar-refractivity contribution in [3.05, 3.63) is 24.3 Å². The van der Waals surface area contributed by atoms with Crippen molar-refractivity contribution in [3.8, 4) is 0 Å². The van der Waals surface area contributed by atoms with E-state index >= 15 is 0 Å². The predicted molar refractivity (Wildman–Crippen MR) is 172 cm³/mol. The molecule has 234 valence electrons. The minimum atomic E-state index is -0.694. The summed E-state index contributed by atoms with van der Waals surface area (Å²) in [6, 6.07) is 0. The highest BCUT2D eigenvalue weighted by Gasteiger charge is 2.13. The van der Waals surface area contributed by atoms with Gasteiger partial charge in [0, 0.05) is 19.3 Å². The standard InChI is InChI=1S/C36H66O4/c1-3-5-7-9-10-11-12-13-14-15-16-17-22-25-29-33-36(39)40-34(30-26-8-6-4-2)31-27-23-20-18-19-21-24-28-32-35(37)38/h13-14,23,27,34H,3-12,15-22,24-26,28-33H2,1-2H3,(H,37,38)/b14-13+,27-23+. The smallest absolute Gasteiger partial charge is 0.306 e. The van der Waals surface area contributed by atoms with Crippen LogP contribution in [0.1, 0.15) is 187 Å². The molecule has 0 aromatic rings. The van der Waals surface area contributed by atoms with Crippen molar-refractivity contribution in [2.75, 3.05) is 0 Å². The van der Waals surface area contributed by atoms with Gasteiger partial charge >= 0.3 is 11.9 Å². The van der Waals surface area contributed by atoms with Gasteiger partial charge < -0.3 is 9.84 Å². The molecule has 0 radical (unpaired) electrons. The van der Waals surface area contributed by atoms with Crippen LogP contribution in [0.4, 0.5) is 0 Å². The number of carboxylic acids is 1. The molecule has 0 heterocycles. The number of allylic oxidation sites excluding steroid dienone is 3. The fourth-order valence-corrected chi connectivity index (χ4v) is 5.04. The summed E-state index contributed by atoms with van der Waals surface area (Å²) in [5.74, 6) is -0.714. The molecule has 0 saturated carbocycles. The summed E-state index contributed by atoms with van der Waals surface area (Å²) in [5.41, 5.74) is 0. The molecule has 0 saturated heterocycles. The lowest BCUT2D eigenvalue weighted by atomic mass is 10.1. The van der Waals surface area contributed by atoms with E-state index in [1.807, 2.05) is 0 Å². The molecule has 0 aromatic heterocycles. The van der Waals surface area contributed by atoms with E-state index in [0.29, 0.717) is 6.42 Å². The third kappa shape index (κ3) is 31.0. The van der Waals surface area contributed by atoms with Crippen LogP contribution >= 0.6 is 0 Å². The van der Waals surface area contributed by atoms with Crippen molar-refractivity contribution < 1.29 is 19.4 Å². The normalized spacial score (nSPS) is 12.4. The number of aliphatic carboxylic acids is 1. The molecule has 0 aliphatic heterocycles. The summed E-state index contributed by atoms with van der Waals surface area (Å²) in [6.45, 7) is 4.49. The maximum atomic E-state index is 12.5. The molecule has 0 spiro atoms. The average Bonchev–Trinajstić information content (AvgIpc) is 2.93. The summed E-state index contributed by atoms with van der Waals surface area (Å²) in [5, 5.41) is 8.69. The number of esters is 1. The fraction of sp³-hybridized carbons (Fsp3) is 0.833. The van der Waals surface area contributed by atoms with Crippen molar-refractivity contribution in [2.24, 2.45) is 0 Å². The summed E-state index contributed by atoms with van der Waals surface area (Å²) in [6.07, 6.45) is 39.3. The molecule has 0 aliphatic carbocycles. The third-order valence-corrected chi connectivity index (χ3v) is 7.65. The zero-order chi connectivity index (χ0) is 29.4. The number of carbonyl (C=O) groups is 2. The second-order valence-electron chi connectivity index (χ2n) is 11.7. The molecular weight excluding hydrogens is 496 g/mol. The van der Waals surface area contributed by atoms with E-state index in [9.17, 15) is 9.59 Å². The Labute approximate surface area is 248 Å². The monoisotopic (exact) mass is 562 g/mol. The Morgan fingerprint density at radius 1 is 0.550 bits per heavy atom. The lowest BCUT2D eigenvalue weighted by Gasteiger charge is -2.16. The number of ether oxygens (including phenoxy) is 1. The van der Waals surface area contributed by atoms with Gasteiger partial charge in [-0.1, -0.05) is 128 Å². The number of carboxylic acid groups (broad SMARTS) is 1. The molecule has 0 aromatic carbocycles. The van der Waals surface area contributed by atoms with Gasteiger partial charge in [0.1, 0.15) is 6.10 Å². The van der Waals surface area contributed by atoms with Gasteiger partial charge in [-0.15, -0.1) is 0 Å². The summed E-state index contributed by atoms with van der Waals surface area (Å²) < 4.78 is 5.89. The summed E-state index contributed by atoms with van der Waals surface area (Å²) in [4.78, 5) is 23.0. The molecule has 40 heavy (non-hydrogen) atoms. The number of hydrogen-bond acceptors (Lipinski definition) is 3. The number of unbranched alkanes of at least 4 members (excludes halogenated alkanes) is 19. The van der Waals surface area contributed by atoms with E-state index in [2.05, 4.69) is 38.2 Å². The van der Waals surface area contributed by atoms with Crippen LogP contribution in [0.2, 0.25) is 0 Å². The predicted octanol–water partition coefficient (Wildman–Crippen LogP) is 11.7. The van der Waals surface area contributed by atoms with Crippen molar-refractivity contribution in [2.45, 2.75) is 193 Å². The molecule has 4 nitrogen and oxygen atoms in total. The Kier molecular flexibility index (Phi) is 30.7. The van der Waals surface area contributed by atoms with Crippen LogP contribution in [0.25, 0.3) is 0 Å². The Balaban J connectivity index is 3.91. The molecule has 4 heteroatoms. The van der Waals surface area contributed by atoms with Crippen molar-refractivity contribution >= 4 is 11.9 Å². The van der Waals surface area contributed by atoms with Crippen molar-refractivity contribution in [1.29, 1.82) is 0 Å². The molecule has 1 unspecified atom stereocenters. The number of carbonyl (C=O) groups excluding carboxylic acids is 1. The summed E-state index contributed by atoms with van der Waals surface area (Å²) in [7, 11) is 0. The highest BCUT2D eigenvalue weighted by Crippen LogP contribution is 2.16. The van der Waals surface area contributed by atoms with Gasteiger partial charge in [0.2, 0.25) is 0 Å². The Morgan fingerprint density at radius 2 is 0.975 bits per heavy atom. The van der Waals surface area contributed by atoms with Crippen LogP contribution in [-0.4, -0.2) is 23.1 Å². The van der Waals surface area contributed by atoms with Gasteiger partial charge in [-0.2, -0.15) is 0 Å². The third-order valence-electron chi connectivity index (χ3n) is 7.65. The topological polar surface area (TPSA) is 63.6 Å². The minimum Gasteiger partial charge on any atom is -0.481 e. The molecule has 1 N–H and O–H groups in total. The highest BCUT2D eigenvalue weighted by atomic mass is 16.5. The molecule has 0 rings (SSSR count). The van der Waals surface area contributed by atoms with Crippen LogP contribution in [0.15, 0.2) is 24.3 Å². The number of hydrogen-bond donors (Lipinski definition) is 1. The van der Waals surface area contributed by atoms with Gasteiger partial charge in [-0.25, -0.2) is 0 Å². The van der Waals surface area contributed by atoms with Gasteiger partial charge in [0.05, 0.1) is 0 Å². The molecule has 0 fully saturated rings. The first-order chi connectivity index (χ1) is 19.6. The SMILES string of the molecule is CCCCCCCC/C=C/CCCCCCCC(=O)OC(C/C=C/CCCCCCCC(=O)O)CCCCCC. The quantitative estimate of drug-likeness (QED) is 0.0518. The van der Waals surface area contributed by atoms with E-state index in [4.69, 9.17) is 9.84 Å². The largest absolute Gasteiger partial charge is 0.481 e. The van der Waals surface area contributed by atoms with E-state index in [-0.39, 0.29) is 18.5 Å². The van der Waals surface area contributed by atoms with E-state index in [1.165, 1.54) is 89.9 Å². The van der Waals surface area contributed by atoms with E-state index in [1.54, 1.807) is 0 Å². The Morgan fingerprint density at radius 3 is 1.50 bits per heavy atom. The van der Waals surface area contributed by atoms with Crippen molar-refractivity contribution in [1.82, 2.24) is 0 Å². The van der Waals surface area contributed by atoms with Crippen LogP contribution in [-0.2, 0) is 14.3 Å². The molecule has 0 bridgehead atoms. The maximum Gasteiger partial charge on any atom is 0.306 e. The van der Waals surface area contributed by atoms with Gasteiger partial charge in [-0.3, -0.25) is 9.59 Å². The Bertz CT molecular complexity index is 610. The van der Waals surface area contributed by atoms with Crippen LogP contribution in [0, 0.1) is 0 Å². The van der Waals surface area contributed by atoms with Crippen LogP contribution in [0.5, 0.6) is 0 Å². The molecular formula is C36H66O4. The first-order valence-corrected chi connectivity index (χ1v) is 17.3. The van der Waals surface area contributed by atoms with E-state index in [0.717, 1.165) is 70.6 Å². The Hall–Kier alpha value is -1.58. The zero-order valence-electron chi connectivity index (χ0n) is 26.7. The maximum absolute atomic E-state index is 12.5. The first kappa shape index (κ1) is 38.4. The number of rotatable bonds is 31. The van der Waals surface area contributed by atoms with Crippen LogP contribution < -0.4 is 0 Å². The van der Waals surface area contributed by atoms with Gasteiger partial charge in [0.15, 0.2) is 0 Å². The minimum absolute atomic E-state index is 0.0137. The van der Waals surface area contributed by atoms with Gasteiger partial charge in [0.25, 0.3) is 0 Å². The van der Waals surface area contributed by atoms with Crippen LogP contribution in [0.3, 0.4) is 0 Å². The highest BCUT2D eigenvalue weighted by molar-refractivity contribution is 5.69. The first-order valence-electron chi connectivity index (χ1n) is 17.3. The second-order valence-corrected chi connectivity index (χ2v) is 11.7. The lowest BCUT2D eigenvalue weighted by molar-refractivity contribution is -0.149. The zero-order valence-corrected chi connectivity index (χ0v) is 26.7. The lowest BCUT2D eigenvalue weighted by Crippen LogP contribution is -2.17. The van der Waals surface area contributed by atoms with Crippen molar-refractivity contribution in [3.63, 3.8) is 0 Å². The fourth-order valence-electron chi connectivity index (χ4n) is 5.04. The van der Waals surface area contributed by atoms with Gasteiger partial charge in [-0.05, 0) is 64.2 Å². The average molecular weight is 563 g/mol. The van der Waals surface area contributed by atoms with E-state index < -0.39 is 5.97 Å². The molecule has 1 atom stereocenters. The molecule has 0 aliphatic rings. The molecule has 0 amide bonds. The summed E-state index contributed by atoms with van der Waals surface area (Å²) >= 11 is 0. The second kappa shape index (κ2) is 31.9.